The van der Waals surface area contributed by atoms with Crippen LogP contribution in [-0.2, 0) is 20.9 Å². The molecule has 0 saturated heterocycles. The summed E-state index contributed by atoms with van der Waals surface area (Å²) in [6.45, 7) is 3.44. The summed E-state index contributed by atoms with van der Waals surface area (Å²) >= 11 is 0. The summed E-state index contributed by atoms with van der Waals surface area (Å²) in [5.41, 5.74) is 2.77. The number of esters is 2. The van der Waals surface area contributed by atoms with E-state index in [2.05, 4.69) is 10.3 Å². The number of nitrogens with one attached hydrogen (secondary N) is 1. The number of aromatic nitrogens is 1. The number of pyridine rings is 1. The van der Waals surface area contributed by atoms with Gasteiger partial charge in [-0.05, 0) is 43.7 Å². The van der Waals surface area contributed by atoms with Crippen molar-refractivity contribution < 1.29 is 28.6 Å². The Morgan fingerprint density at radius 2 is 1.94 bits per heavy atom. The topological polar surface area (TPSA) is 104 Å². The molecule has 0 aliphatic carbocycles. The maximum Gasteiger partial charge on any atom is 0.340 e. The normalized spacial score (nSPS) is 12.5. The van der Waals surface area contributed by atoms with Crippen molar-refractivity contribution in [2.75, 3.05) is 18.5 Å². The van der Waals surface area contributed by atoms with Crippen molar-refractivity contribution in [3.63, 3.8) is 0 Å². The van der Waals surface area contributed by atoms with E-state index in [1.54, 1.807) is 13.0 Å². The van der Waals surface area contributed by atoms with E-state index in [4.69, 9.17) is 14.2 Å². The van der Waals surface area contributed by atoms with Crippen LogP contribution in [0.3, 0.4) is 0 Å². The zero-order valence-electron chi connectivity index (χ0n) is 17.1. The van der Waals surface area contributed by atoms with E-state index < -0.39 is 11.9 Å². The number of anilines is 1. The molecule has 1 aliphatic rings. The third kappa shape index (κ3) is 4.05. The molecule has 0 unspecified atom stereocenters. The number of fused-ring (bicyclic) bond motifs is 2. The Morgan fingerprint density at radius 3 is 2.74 bits per heavy atom. The molecule has 0 spiro atoms. The molecule has 0 fully saturated rings. The third-order valence-electron chi connectivity index (χ3n) is 4.90. The van der Waals surface area contributed by atoms with E-state index in [1.807, 2.05) is 31.2 Å². The molecule has 158 valence electrons. The Bertz CT molecular complexity index is 1200. The van der Waals surface area contributed by atoms with Crippen molar-refractivity contribution in [1.29, 1.82) is 0 Å². The van der Waals surface area contributed by atoms with Crippen LogP contribution in [0.25, 0.3) is 10.9 Å². The smallest absolute Gasteiger partial charge is 0.340 e. The average Bonchev–Trinajstić information content (AvgIpc) is 2.77. The van der Waals surface area contributed by atoms with Crippen LogP contribution in [0, 0.1) is 6.92 Å². The first-order valence-electron chi connectivity index (χ1n) is 9.77. The molecule has 8 nitrogen and oxygen atoms in total. The van der Waals surface area contributed by atoms with E-state index in [0.29, 0.717) is 33.8 Å². The number of carbonyl (C=O) groups excluding carboxylic acids is 3. The van der Waals surface area contributed by atoms with Gasteiger partial charge in [0.15, 0.2) is 6.61 Å². The van der Waals surface area contributed by atoms with Gasteiger partial charge in [-0.1, -0.05) is 18.2 Å². The molecule has 2 heterocycles. The molecule has 1 N–H and O–H groups in total. The number of hydrogen-bond donors (Lipinski definition) is 1. The fraction of sp³-hybridized carbons (Fsp3) is 0.217. The largest absolute Gasteiger partial charge is 0.482 e. The molecular formula is C23H20N2O6. The lowest BCUT2D eigenvalue weighted by atomic mass is 10.0. The number of para-hydroxylation sites is 1. The van der Waals surface area contributed by atoms with Gasteiger partial charge in [0.05, 0.1) is 34.6 Å². The van der Waals surface area contributed by atoms with Gasteiger partial charge in [0.1, 0.15) is 12.4 Å². The second kappa shape index (κ2) is 8.43. The number of carbonyl (C=O) groups is 3. The van der Waals surface area contributed by atoms with Gasteiger partial charge in [-0.25, -0.2) is 14.6 Å². The maximum atomic E-state index is 12.6. The summed E-state index contributed by atoms with van der Waals surface area (Å²) in [5.74, 6) is -0.985. The van der Waals surface area contributed by atoms with E-state index in [-0.39, 0.29) is 31.3 Å². The van der Waals surface area contributed by atoms with Gasteiger partial charge in [-0.15, -0.1) is 0 Å². The van der Waals surface area contributed by atoms with E-state index in [9.17, 15) is 14.4 Å². The van der Waals surface area contributed by atoms with Crippen LogP contribution in [0.15, 0.2) is 42.5 Å². The Balaban J connectivity index is 1.61. The SMILES string of the molecule is CCOC(=O)c1c(COC(=O)c2ccc3c(c2)OCC(=O)N3)nc2ccccc2c1C. The van der Waals surface area contributed by atoms with Gasteiger partial charge in [-0.3, -0.25) is 4.79 Å². The standard InChI is InChI=1S/C23H20N2O6/c1-3-29-23(28)21-13(2)15-6-4-5-7-16(15)24-18(21)11-31-22(27)14-8-9-17-19(10-14)30-12-20(26)25-17/h4-10H,3,11-12H2,1-2H3,(H,25,26). The Labute approximate surface area is 178 Å². The summed E-state index contributed by atoms with van der Waals surface area (Å²) in [6, 6.07) is 12.0. The van der Waals surface area contributed by atoms with Crippen LogP contribution in [0.1, 0.15) is 38.9 Å². The monoisotopic (exact) mass is 420 g/mol. The first-order valence-corrected chi connectivity index (χ1v) is 9.77. The molecule has 2 aromatic carbocycles. The maximum absolute atomic E-state index is 12.6. The zero-order valence-corrected chi connectivity index (χ0v) is 17.1. The zero-order chi connectivity index (χ0) is 22.0. The molecule has 0 saturated carbocycles. The number of rotatable bonds is 5. The van der Waals surface area contributed by atoms with Crippen LogP contribution in [-0.4, -0.2) is 36.0 Å². The number of hydrogen-bond acceptors (Lipinski definition) is 7. The van der Waals surface area contributed by atoms with Crippen LogP contribution < -0.4 is 10.1 Å². The molecule has 1 aliphatic heterocycles. The van der Waals surface area contributed by atoms with Crippen molar-refractivity contribution >= 4 is 34.4 Å². The predicted molar refractivity (Wildman–Crippen MR) is 112 cm³/mol. The minimum Gasteiger partial charge on any atom is -0.482 e. The summed E-state index contributed by atoms with van der Waals surface area (Å²) in [7, 11) is 0. The molecule has 4 rings (SSSR count). The molecule has 0 radical (unpaired) electrons. The predicted octanol–water partition coefficient (Wildman–Crippen LogP) is 3.41. The summed E-state index contributed by atoms with van der Waals surface area (Å²) < 4.78 is 16.0. The number of aryl methyl sites for hydroxylation is 1. The molecule has 3 aromatic rings. The lowest BCUT2D eigenvalue weighted by Crippen LogP contribution is -2.25. The molecule has 31 heavy (non-hydrogen) atoms. The molecule has 1 amide bonds. The number of ether oxygens (including phenoxy) is 3. The Kier molecular flexibility index (Phi) is 5.53. The van der Waals surface area contributed by atoms with Crippen LogP contribution in [0.2, 0.25) is 0 Å². The van der Waals surface area contributed by atoms with Gasteiger partial charge in [0, 0.05) is 5.39 Å². The van der Waals surface area contributed by atoms with E-state index in [1.165, 1.54) is 12.1 Å². The minimum atomic E-state index is -0.606. The Morgan fingerprint density at radius 1 is 1.13 bits per heavy atom. The van der Waals surface area contributed by atoms with Crippen molar-refractivity contribution in [2.45, 2.75) is 20.5 Å². The summed E-state index contributed by atoms with van der Waals surface area (Å²) in [5, 5.41) is 3.49. The first kappa shape index (κ1) is 20.3. The molecule has 1 aromatic heterocycles. The van der Waals surface area contributed by atoms with Gasteiger partial charge < -0.3 is 19.5 Å². The fourth-order valence-corrected chi connectivity index (χ4v) is 3.44. The quantitative estimate of drug-likeness (QED) is 0.631. The Hall–Kier alpha value is -3.94. The summed E-state index contributed by atoms with van der Waals surface area (Å²) in [6.07, 6.45) is 0. The fourth-order valence-electron chi connectivity index (χ4n) is 3.44. The van der Waals surface area contributed by atoms with Crippen LogP contribution >= 0.6 is 0 Å². The molecule has 8 heteroatoms. The van der Waals surface area contributed by atoms with Gasteiger partial charge in [0.25, 0.3) is 5.91 Å². The van der Waals surface area contributed by atoms with Crippen molar-refractivity contribution in [3.8, 4) is 5.75 Å². The number of nitrogens with zero attached hydrogens (tertiary/aromatic N) is 1. The minimum absolute atomic E-state index is 0.116. The highest BCUT2D eigenvalue weighted by molar-refractivity contribution is 5.99. The van der Waals surface area contributed by atoms with Gasteiger partial charge >= 0.3 is 11.9 Å². The van der Waals surface area contributed by atoms with Crippen LogP contribution in [0.4, 0.5) is 5.69 Å². The number of amides is 1. The highest BCUT2D eigenvalue weighted by Crippen LogP contribution is 2.29. The average molecular weight is 420 g/mol. The van der Waals surface area contributed by atoms with Crippen molar-refractivity contribution in [2.24, 2.45) is 0 Å². The second-order valence-electron chi connectivity index (χ2n) is 6.92. The second-order valence-corrected chi connectivity index (χ2v) is 6.92. The molecule has 0 bridgehead atoms. The van der Waals surface area contributed by atoms with Gasteiger partial charge in [-0.2, -0.15) is 0 Å². The molecule has 0 atom stereocenters. The summed E-state index contributed by atoms with van der Waals surface area (Å²) in [4.78, 5) is 41.1. The number of benzene rings is 2. The van der Waals surface area contributed by atoms with E-state index in [0.717, 1.165) is 5.39 Å². The third-order valence-corrected chi connectivity index (χ3v) is 4.90. The first-order chi connectivity index (χ1) is 15.0. The van der Waals surface area contributed by atoms with Crippen molar-refractivity contribution in [3.05, 3.63) is 64.8 Å². The van der Waals surface area contributed by atoms with E-state index >= 15 is 0 Å². The van der Waals surface area contributed by atoms with Crippen LogP contribution in [0.5, 0.6) is 5.75 Å². The molecular weight excluding hydrogens is 400 g/mol. The highest BCUT2D eigenvalue weighted by Gasteiger charge is 2.22. The van der Waals surface area contributed by atoms with Gasteiger partial charge in [0.2, 0.25) is 0 Å². The highest BCUT2D eigenvalue weighted by atomic mass is 16.5. The lowest BCUT2D eigenvalue weighted by Gasteiger charge is -2.18. The van der Waals surface area contributed by atoms with Crippen molar-refractivity contribution in [1.82, 2.24) is 4.98 Å². The lowest BCUT2D eigenvalue weighted by molar-refractivity contribution is -0.118.